The summed E-state index contributed by atoms with van der Waals surface area (Å²) in [4.78, 5) is 0. The van der Waals surface area contributed by atoms with E-state index >= 15 is 0 Å². The van der Waals surface area contributed by atoms with Gasteiger partial charge in [0.05, 0.1) is 16.1 Å². The van der Waals surface area contributed by atoms with Crippen molar-refractivity contribution in [2.75, 3.05) is 0 Å². The Hall–Kier alpha value is -0.240. The summed E-state index contributed by atoms with van der Waals surface area (Å²) in [6.07, 6.45) is 2.96. The Morgan fingerprint density at radius 2 is 2.14 bits per heavy atom. The summed E-state index contributed by atoms with van der Waals surface area (Å²) in [5.74, 6) is 0. The first-order valence-electron chi connectivity index (χ1n) is 4.60. The van der Waals surface area contributed by atoms with Gasteiger partial charge in [-0.05, 0) is 30.9 Å². The van der Waals surface area contributed by atoms with Crippen LogP contribution in [-0.2, 0) is 0 Å². The number of aliphatic hydroxyl groups excluding tert-OH is 1. The van der Waals surface area contributed by atoms with Crippen LogP contribution < -0.4 is 0 Å². The number of hydrogen-bond acceptors (Lipinski definition) is 1. The number of halogens is 2. The molecule has 0 aliphatic rings. The molecule has 1 atom stereocenters. The van der Waals surface area contributed by atoms with Gasteiger partial charge in [-0.3, -0.25) is 0 Å². The maximum Gasteiger partial charge on any atom is 0.0627 e. The maximum atomic E-state index is 9.37. The zero-order chi connectivity index (χ0) is 10.6. The van der Waals surface area contributed by atoms with Gasteiger partial charge in [0.1, 0.15) is 0 Å². The molecule has 77 valence electrons. The maximum absolute atomic E-state index is 9.37. The number of rotatable bonds is 4. The van der Waals surface area contributed by atoms with Gasteiger partial charge in [0, 0.05) is 0 Å². The van der Waals surface area contributed by atoms with Crippen LogP contribution in [0, 0.1) is 6.42 Å². The Kier molecular flexibility index (Phi) is 4.73. The standard InChI is InChI=1S/C11H13Cl2O/c1-2-9(14)7-6-8-4-3-5-10(12)11(8)13/h3-6,9,14H,2,7H2,1H3. The SMILES string of the molecule is CCC(O)C[CH]c1cccc(Cl)c1Cl. The first-order chi connectivity index (χ1) is 6.65. The van der Waals surface area contributed by atoms with Crippen molar-refractivity contribution in [3.63, 3.8) is 0 Å². The minimum absolute atomic E-state index is 0.301. The van der Waals surface area contributed by atoms with Crippen molar-refractivity contribution in [3.8, 4) is 0 Å². The van der Waals surface area contributed by atoms with E-state index in [0.29, 0.717) is 16.5 Å². The van der Waals surface area contributed by atoms with E-state index in [1.54, 1.807) is 6.07 Å². The summed E-state index contributed by atoms with van der Waals surface area (Å²) < 4.78 is 0. The van der Waals surface area contributed by atoms with E-state index in [1.165, 1.54) is 0 Å². The van der Waals surface area contributed by atoms with Crippen molar-refractivity contribution >= 4 is 23.2 Å². The molecule has 1 nitrogen and oxygen atoms in total. The molecule has 0 heterocycles. The quantitative estimate of drug-likeness (QED) is 0.838. The highest BCUT2D eigenvalue weighted by atomic mass is 35.5. The van der Waals surface area contributed by atoms with Crippen molar-refractivity contribution in [2.45, 2.75) is 25.9 Å². The molecular weight excluding hydrogens is 219 g/mol. The van der Waals surface area contributed by atoms with Gasteiger partial charge >= 0.3 is 0 Å². The third-order valence-electron chi connectivity index (χ3n) is 2.06. The normalized spacial score (nSPS) is 12.9. The summed E-state index contributed by atoms with van der Waals surface area (Å²) in [5.41, 5.74) is 0.881. The van der Waals surface area contributed by atoms with Gasteiger partial charge in [-0.25, -0.2) is 0 Å². The van der Waals surface area contributed by atoms with Crippen LogP contribution >= 0.6 is 23.2 Å². The first-order valence-corrected chi connectivity index (χ1v) is 5.36. The van der Waals surface area contributed by atoms with E-state index in [1.807, 2.05) is 25.5 Å². The van der Waals surface area contributed by atoms with Crippen LogP contribution in [0.4, 0.5) is 0 Å². The van der Waals surface area contributed by atoms with Gasteiger partial charge in [-0.1, -0.05) is 42.3 Å². The van der Waals surface area contributed by atoms with Crippen LogP contribution in [0.25, 0.3) is 0 Å². The molecule has 1 unspecified atom stereocenters. The first kappa shape index (κ1) is 11.8. The lowest BCUT2D eigenvalue weighted by Crippen LogP contribution is -2.04. The van der Waals surface area contributed by atoms with Gasteiger partial charge in [0.15, 0.2) is 0 Å². The average molecular weight is 232 g/mol. The fraction of sp³-hybridized carbons (Fsp3) is 0.364. The molecule has 1 radical (unpaired) electrons. The summed E-state index contributed by atoms with van der Waals surface area (Å²) in [6, 6.07) is 5.48. The van der Waals surface area contributed by atoms with E-state index in [4.69, 9.17) is 23.2 Å². The van der Waals surface area contributed by atoms with Crippen molar-refractivity contribution < 1.29 is 5.11 Å². The minimum atomic E-state index is -0.301. The van der Waals surface area contributed by atoms with E-state index in [9.17, 15) is 5.11 Å². The highest BCUT2D eigenvalue weighted by molar-refractivity contribution is 6.42. The Labute approximate surface area is 94.7 Å². The van der Waals surface area contributed by atoms with Crippen molar-refractivity contribution in [1.29, 1.82) is 0 Å². The molecule has 1 aromatic carbocycles. The second-order valence-electron chi connectivity index (χ2n) is 3.14. The van der Waals surface area contributed by atoms with Crippen LogP contribution in [0.2, 0.25) is 10.0 Å². The Balaban J connectivity index is 2.63. The van der Waals surface area contributed by atoms with Crippen LogP contribution in [0.15, 0.2) is 18.2 Å². The topological polar surface area (TPSA) is 20.2 Å². The smallest absolute Gasteiger partial charge is 0.0627 e. The molecular formula is C11H13Cl2O. The van der Waals surface area contributed by atoms with Gasteiger partial charge in [0.2, 0.25) is 0 Å². The van der Waals surface area contributed by atoms with Crippen LogP contribution in [-0.4, -0.2) is 11.2 Å². The lowest BCUT2D eigenvalue weighted by molar-refractivity contribution is 0.170. The molecule has 14 heavy (non-hydrogen) atoms. The van der Waals surface area contributed by atoms with Crippen molar-refractivity contribution in [2.24, 2.45) is 0 Å². The molecule has 0 aromatic heterocycles. The van der Waals surface area contributed by atoms with Crippen LogP contribution in [0.3, 0.4) is 0 Å². The molecule has 1 rings (SSSR count). The predicted molar refractivity (Wildman–Crippen MR) is 60.8 cm³/mol. The molecule has 0 saturated carbocycles. The zero-order valence-corrected chi connectivity index (χ0v) is 9.52. The van der Waals surface area contributed by atoms with E-state index in [2.05, 4.69) is 0 Å². The number of hydrogen-bond donors (Lipinski definition) is 1. The Morgan fingerprint density at radius 3 is 2.79 bits per heavy atom. The molecule has 0 bridgehead atoms. The Bertz CT molecular complexity index is 299. The van der Waals surface area contributed by atoms with Gasteiger partial charge in [0.25, 0.3) is 0 Å². The highest BCUT2D eigenvalue weighted by Crippen LogP contribution is 2.27. The molecule has 1 N–H and O–H groups in total. The van der Waals surface area contributed by atoms with Gasteiger partial charge in [-0.2, -0.15) is 0 Å². The summed E-state index contributed by atoms with van der Waals surface area (Å²) in [6.45, 7) is 1.94. The molecule has 0 aliphatic carbocycles. The molecule has 0 spiro atoms. The van der Waals surface area contributed by atoms with Crippen molar-refractivity contribution in [3.05, 3.63) is 40.2 Å². The number of benzene rings is 1. The second-order valence-corrected chi connectivity index (χ2v) is 3.93. The van der Waals surface area contributed by atoms with Crippen LogP contribution in [0.5, 0.6) is 0 Å². The molecule has 0 fully saturated rings. The van der Waals surface area contributed by atoms with Crippen LogP contribution in [0.1, 0.15) is 25.3 Å². The number of aliphatic hydroxyl groups is 1. The highest BCUT2D eigenvalue weighted by Gasteiger charge is 2.07. The molecule has 0 aliphatic heterocycles. The van der Waals surface area contributed by atoms with Gasteiger partial charge < -0.3 is 5.11 Å². The monoisotopic (exact) mass is 231 g/mol. The molecule has 3 heteroatoms. The second kappa shape index (κ2) is 5.59. The zero-order valence-electron chi connectivity index (χ0n) is 8.00. The molecule has 0 saturated heterocycles. The lowest BCUT2D eigenvalue weighted by Gasteiger charge is -2.08. The van der Waals surface area contributed by atoms with E-state index < -0.39 is 0 Å². The predicted octanol–water partition coefficient (Wildman–Crippen LogP) is 3.71. The minimum Gasteiger partial charge on any atom is -0.393 e. The van der Waals surface area contributed by atoms with E-state index in [0.717, 1.165) is 12.0 Å². The lowest BCUT2D eigenvalue weighted by atomic mass is 10.1. The van der Waals surface area contributed by atoms with Crippen molar-refractivity contribution in [1.82, 2.24) is 0 Å². The molecule has 0 amide bonds. The fourth-order valence-corrected chi connectivity index (χ4v) is 1.49. The summed E-state index contributed by atoms with van der Waals surface area (Å²) in [7, 11) is 0. The molecule has 1 aromatic rings. The third kappa shape index (κ3) is 3.16. The van der Waals surface area contributed by atoms with E-state index in [-0.39, 0.29) is 6.10 Å². The third-order valence-corrected chi connectivity index (χ3v) is 2.90. The average Bonchev–Trinajstić information content (AvgIpc) is 2.20. The summed E-state index contributed by atoms with van der Waals surface area (Å²) in [5, 5.41) is 10.5. The Morgan fingerprint density at radius 1 is 1.43 bits per heavy atom. The van der Waals surface area contributed by atoms with Gasteiger partial charge in [-0.15, -0.1) is 0 Å². The fourth-order valence-electron chi connectivity index (χ4n) is 1.11. The largest absolute Gasteiger partial charge is 0.393 e. The summed E-state index contributed by atoms with van der Waals surface area (Å²) >= 11 is 11.8.